The van der Waals surface area contributed by atoms with Crippen molar-refractivity contribution in [2.75, 3.05) is 13.7 Å². The van der Waals surface area contributed by atoms with Crippen molar-refractivity contribution in [2.45, 2.75) is 26.3 Å². The van der Waals surface area contributed by atoms with Crippen molar-refractivity contribution >= 4 is 22.9 Å². The van der Waals surface area contributed by atoms with E-state index >= 15 is 0 Å². The highest BCUT2D eigenvalue weighted by Crippen LogP contribution is 2.31. The fraction of sp³-hybridized carbons (Fsp3) is 0.375. The Labute approximate surface area is 129 Å². The van der Waals surface area contributed by atoms with E-state index in [2.05, 4.69) is 37.4 Å². The number of ether oxygens (including phenoxy) is 1. The Bertz CT molecular complexity index is 567. The van der Waals surface area contributed by atoms with E-state index in [1.54, 1.807) is 18.4 Å². The molecule has 1 atom stereocenters. The van der Waals surface area contributed by atoms with Gasteiger partial charge in [0.25, 0.3) is 0 Å². The molecule has 0 aliphatic heterocycles. The summed E-state index contributed by atoms with van der Waals surface area (Å²) < 4.78 is 6.35. The summed E-state index contributed by atoms with van der Waals surface area (Å²) in [4.78, 5) is 1.28. The first kappa shape index (κ1) is 15.4. The third-order valence-corrected chi connectivity index (χ3v) is 4.50. The van der Waals surface area contributed by atoms with Crippen LogP contribution in [0.3, 0.4) is 0 Å². The Kier molecular flexibility index (Phi) is 5.46. The van der Waals surface area contributed by atoms with Gasteiger partial charge in [0, 0.05) is 22.9 Å². The van der Waals surface area contributed by atoms with Crippen LogP contribution in [-0.2, 0) is 6.42 Å². The van der Waals surface area contributed by atoms with Gasteiger partial charge in [-0.3, -0.25) is 0 Å². The van der Waals surface area contributed by atoms with Crippen molar-refractivity contribution in [3.05, 3.63) is 50.7 Å². The average Bonchev–Trinajstić information content (AvgIpc) is 2.84. The molecule has 0 amide bonds. The van der Waals surface area contributed by atoms with E-state index in [9.17, 15) is 0 Å². The van der Waals surface area contributed by atoms with Crippen molar-refractivity contribution in [2.24, 2.45) is 0 Å². The Morgan fingerprint density at radius 2 is 2.10 bits per heavy atom. The second-order valence-electron chi connectivity index (χ2n) is 4.77. The second-order valence-corrected chi connectivity index (χ2v) is 6.57. The van der Waals surface area contributed by atoms with Crippen LogP contribution in [0, 0.1) is 6.92 Å². The zero-order valence-electron chi connectivity index (χ0n) is 12.1. The van der Waals surface area contributed by atoms with Gasteiger partial charge in [0.2, 0.25) is 0 Å². The summed E-state index contributed by atoms with van der Waals surface area (Å²) >= 11 is 7.66. The molecule has 2 rings (SSSR count). The lowest BCUT2D eigenvalue weighted by molar-refractivity contribution is 0.399. The van der Waals surface area contributed by atoms with Gasteiger partial charge in [-0.1, -0.05) is 36.2 Å². The van der Waals surface area contributed by atoms with Gasteiger partial charge in [0.15, 0.2) is 0 Å². The Hall–Kier alpha value is -1.03. The first-order valence-electron chi connectivity index (χ1n) is 6.76. The zero-order valence-corrected chi connectivity index (χ0v) is 13.6. The van der Waals surface area contributed by atoms with Gasteiger partial charge < -0.3 is 10.1 Å². The predicted octanol–water partition coefficient (Wildman–Crippen LogP) is 4.61. The summed E-state index contributed by atoms with van der Waals surface area (Å²) in [6.45, 7) is 5.14. The molecular formula is C16H20ClNOS. The van der Waals surface area contributed by atoms with Gasteiger partial charge >= 0.3 is 0 Å². The number of hydrogen-bond donors (Lipinski definition) is 1. The average molecular weight is 310 g/mol. The van der Waals surface area contributed by atoms with Gasteiger partial charge in [0.1, 0.15) is 5.75 Å². The fourth-order valence-corrected chi connectivity index (χ4v) is 3.46. The number of methoxy groups -OCH3 is 1. The number of nitrogens with one attached hydrogen (secondary N) is 1. The first-order valence-corrected chi connectivity index (χ1v) is 7.95. The molecule has 1 aromatic carbocycles. The van der Waals surface area contributed by atoms with Gasteiger partial charge in [-0.15, -0.1) is 11.3 Å². The van der Waals surface area contributed by atoms with Crippen LogP contribution in [-0.4, -0.2) is 13.7 Å². The Morgan fingerprint density at radius 3 is 2.70 bits per heavy atom. The molecule has 1 heterocycles. The number of likely N-dealkylation sites (N-methyl/N-ethyl adjacent to an activating group) is 1. The van der Waals surface area contributed by atoms with Crippen molar-refractivity contribution in [1.82, 2.24) is 5.32 Å². The molecule has 0 aliphatic carbocycles. The third kappa shape index (κ3) is 3.75. The molecule has 2 aromatic rings. The minimum absolute atomic E-state index is 0.240. The van der Waals surface area contributed by atoms with E-state index in [1.165, 1.54) is 16.0 Å². The van der Waals surface area contributed by atoms with Crippen LogP contribution in [0.15, 0.2) is 30.3 Å². The number of aryl methyl sites for hydroxylation is 1. The van der Waals surface area contributed by atoms with Crippen LogP contribution in [0.1, 0.15) is 29.0 Å². The summed E-state index contributed by atoms with van der Waals surface area (Å²) in [5, 5.41) is 3.54. The number of hydrogen-bond acceptors (Lipinski definition) is 3. The standard InChI is InChI=1S/C16H20ClNOS/c1-4-18-14(10-12-6-8-16(17)20-12)13-9-11(2)5-7-15(13)19-3/h5-9,14,18H,4,10H2,1-3H3. The van der Waals surface area contributed by atoms with Crippen molar-refractivity contribution in [3.63, 3.8) is 0 Å². The van der Waals surface area contributed by atoms with E-state index in [1.807, 2.05) is 12.1 Å². The number of rotatable bonds is 6. The lowest BCUT2D eigenvalue weighted by Crippen LogP contribution is -2.23. The summed E-state index contributed by atoms with van der Waals surface area (Å²) in [5.74, 6) is 0.934. The minimum atomic E-state index is 0.240. The molecule has 0 fully saturated rings. The minimum Gasteiger partial charge on any atom is -0.496 e. The molecule has 2 nitrogen and oxygen atoms in total. The molecule has 20 heavy (non-hydrogen) atoms. The number of benzene rings is 1. The maximum Gasteiger partial charge on any atom is 0.123 e. The molecule has 0 saturated carbocycles. The van der Waals surface area contributed by atoms with Crippen LogP contribution in [0.25, 0.3) is 0 Å². The zero-order chi connectivity index (χ0) is 14.5. The van der Waals surface area contributed by atoms with E-state index in [0.717, 1.165) is 23.1 Å². The van der Waals surface area contributed by atoms with E-state index in [4.69, 9.17) is 16.3 Å². The van der Waals surface area contributed by atoms with E-state index in [0.29, 0.717) is 0 Å². The molecule has 1 aromatic heterocycles. The highest BCUT2D eigenvalue weighted by molar-refractivity contribution is 7.16. The van der Waals surface area contributed by atoms with Gasteiger partial charge in [0.05, 0.1) is 11.4 Å². The monoisotopic (exact) mass is 309 g/mol. The van der Waals surface area contributed by atoms with Crippen molar-refractivity contribution in [1.29, 1.82) is 0 Å². The van der Waals surface area contributed by atoms with Gasteiger partial charge in [-0.25, -0.2) is 0 Å². The van der Waals surface area contributed by atoms with Crippen LogP contribution in [0.5, 0.6) is 5.75 Å². The summed E-state index contributed by atoms with van der Waals surface area (Å²) in [6, 6.07) is 10.6. The molecule has 1 N–H and O–H groups in total. The summed E-state index contributed by atoms with van der Waals surface area (Å²) in [7, 11) is 1.72. The third-order valence-electron chi connectivity index (χ3n) is 3.25. The normalized spacial score (nSPS) is 12.4. The molecular weight excluding hydrogens is 290 g/mol. The van der Waals surface area contributed by atoms with Crippen molar-refractivity contribution in [3.8, 4) is 5.75 Å². The molecule has 0 radical (unpaired) electrons. The maximum absolute atomic E-state index is 6.02. The van der Waals surface area contributed by atoms with Gasteiger partial charge in [-0.2, -0.15) is 0 Å². The molecule has 0 bridgehead atoms. The summed E-state index contributed by atoms with van der Waals surface area (Å²) in [5.41, 5.74) is 2.45. The lowest BCUT2D eigenvalue weighted by Gasteiger charge is -2.21. The highest BCUT2D eigenvalue weighted by atomic mass is 35.5. The van der Waals surface area contributed by atoms with Crippen molar-refractivity contribution < 1.29 is 4.74 Å². The largest absolute Gasteiger partial charge is 0.496 e. The number of thiophene rings is 1. The quantitative estimate of drug-likeness (QED) is 0.841. The summed E-state index contributed by atoms with van der Waals surface area (Å²) in [6.07, 6.45) is 0.922. The topological polar surface area (TPSA) is 21.3 Å². The molecule has 4 heteroatoms. The van der Waals surface area contributed by atoms with Gasteiger partial charge in [-0.05, 0) is 31.7 Å². The second kappa shape index (κ2) is 7.11. The van der Waals surface area contributed by atoms with Crippen LogP contribution in [0.2, 0.25) is 4.34 Å². The van der Waals surface area contributed by atoms with Crippen LogP contribution >= 0.6 is 22.9 Å². The first-order chi connectivity index (χ1) is 9.63. The van der Waals surface area contributed by atoms with Crippen LogP contribution in [0.4, 0.5) is 0 Å². The SMILES string of the molecule is CCNC(Cc1ccc(Cl)s1)c1cc(C)ccc1OC. The highest BCUT2D eigenvalue weighted by Gasteiger charge is 2.17. The molecule has 1 unspecified atom stereocenters. The maximum atomic E-state index is 6.02. The lowest BCUT2D eigenvalue weighted by atomic mass is 9.99. The molecule has 0 aliphatic rings. The fourth-order valence-electron chi connectivity index (χ4n) is 2.33. The predicted molar refractivity (Wildman–Crippen MR) is 87.2 cm³/mol. The molecule has 108 valence electrons. The van der Waals surface area contributed by atoms with Crippen LogP contribution < -0.4 is 10.1 Å². The smallest absolute Gasteiger partial charge is 0.123 e. The van der Waals surface area contributed by atoms with E-state index < -0.39 is 0 Å². The Morgan fingerprint density at radius 1 is 1.30 bits per heavy atom. The Balaban J connectivity index is 2.30. The molecule has 0 spiro atoms. The van der Waals surface area contributed by atoms with E-state index in [-0.39, 0.29) is 6.04 Å². The molecule has 0 saturated heterocycles. The number of halogens is 1.